The van der Waals surface area contributed by atoms with E-state index in [4.69, 9.17) is 0 Å². The lowest BCUT2D eigenvalue weighted by atomic mass is 10.2. The minimum absolute atomic E-state index is 0.288. The highest BCUT2D eigenvalue weighted by Crippen LogP contribution is 2.12. The van der Waals surface area contributed by atoms with Crippen molar-refractivity contribution < 1.29 is 0 Å². The lowest BCUT2D eigenvalue weighted by molar-refractivity contribution is 0.553. The van der Waals surface area contributed by atoms with E-state index in [2.05, 4.69) is 20.8 Å². The molecule has 0 aliphatic carbocycles. The average Bonchev–Trinajstić information content (AvgIpc) is 2.58. The molecule has 1 aromatic heterocycles. The van der Waals surface area contributed by atoms with Crippen LogP contribution in [-0.2, 0) is 0 Å². The van der Waals surface area contributed by atoms with E-state index in [1.165, 1.54) is 0 Å². The number of nitrogens with zero attached hydrogens (tertiary/aromatic N) is 2. The Morgan fingerprint density at radius 2 is 2.18 bits per heavy atom. The number of hydrogen-bond donors (Lipinski definition) is 2. The van der Waals surface area contributed by atoms with E-state index in [0.29, 0.717) is 0 Å². The summed E-state index contributed by atoms with van der Waals surface area (Å²) in [6, 6.07) is 2.11. The molecule has 0 bridgehead atoms. The number of hydrazine groups is 1. The van der Waals surface area contributed by atoms with Gasteiger partial charge in [-0.05, 0) is 12.5 Å². The largest absolute Gasteiger partial charge is 0.257 e. The van der Waals surface area contributed by atoms with Gasteiger partial charge in [-0.2, -0.15) is 0 Å². The molecule has 1 fully saturated rings. The zero-order valence-electron chi connectivity index (χ0n) is 6.12. The molecule has 11 heavy (non-hydrogen) atoms. The van der Waals surface area contributed by atoms with Crippen LogP contribution >= 0.6 is 0 Å². The summed E-state index contributed by atoms with van der Waals surface area (Å²) in [5, 5.41) is 0. The summed E-state index contributed by atoms with van der Waals surface area (Å²) in [5.74, 6) is 0.873. The van der Waals surface area contributed by atoms with Gasteiger partial charge >= 0.3 is 0 Å². The van der Waals surface area contributed by atoms with Gasteiger partial charge in [0.05, 0.1) is 6.04 Å². The number of nitrogens with one attached hydrogen (secondary N) is 2. The first kappa shape index (κ1) is 6.69. The number of hydrogen-bond acceptors (Lipinski definition) is 4. The van der Waals surface area contributed by atoms with Gasteiger partial charge in [0.1, 0.15) is 5.82 Å². The highest BCUT2D eigenvalue weighted by molar-refractivity contribution is 4.96. The van der Waals surface area contributed by atoms with Gasteiger partial charge in [0, 0.05) is 18.9 Å². The van der Waals surface area contributed by atoms with Crippen molar-refractivity contribution in [1.82, 2.24) is 20.8 Å². The Balaban J connectivity index is 2.16. The smallest absolute Gasteiger partial charge is 0.146 e. The van der Waals surface area contributed by atoms with E-state index in [-0.39, 0.29) is 6.04 Å². The monoisotopic (exact) mass is 150 g/mol. The molecule has 2 N–H and O–H groups in total. The molecule has 4 heteroatoms. The van der Waals surface area contributed by atoms with Crippen LogP contribution in [0.15, 0.2) is 18.5 Å². The van der Waals surface area contributed by atoms with Crippen molar-refractivity contribution in [3.05, 3.63) is 24.3 Å². The maximum Gasteiger partial charge on any atom is 0.146 e. The van der Waals surface area contributed by atoms with Crippen LogP contribution in [0.5, 0.6) is 0 Å². The van der Waals surface area contributed by atoms with E-state index < -0.39 is 0 Å². The first-order chi connectivity index (χ1) is 5.47. The Morgan fingerprint density at radius 3 is 2.82 bits per heavy atom. The van der Waals surface area contributed by atoms with Crippen molar-refractivity contribution >= 4 is 0 Å². The van der Waals surface area contributed by atoms with Crippen molar-refractivity contribution in [2.24, 2.45) is 0 Å². The summed E-state index contributed by atoms with van der Waals surface area (Å²) in [6.45, 7) is 0.989. The van der Waals surface area contributed by atoms with Crippen LogP contribution in [0.25, 0.3) is 0 Å². The molecule has 4 nitrogen and oxygen atoms in total. The molecule has 2 heterocycles. The molecule has 1 atom stereocenters. The molecule has 58 valence electrons. The molecule has 0 spiro atoms. The fraction of sp³-hybridized carbons (Fsp3) is 0.429. The van der Waals surface area contributed by atoms with Crippen LogP contribution in [0.2, 0.25) is 0 Å². The fourth-order valence-electron chi connectivity index (χ4n) is 1.17. The third-order valence-electron chi connectivity index (χ3n) is 1.73. The van der Waals surface area contributed by atoms with Crippen molar-refractivity contribution in [1.29, 1.82) is 0 Å². The summed E-state index contributed by atoms with van der Waals surface area (Å²) in [7, 11) is 0. The third kappa shape index (κ3) is 1.36. The van der Waals surface area contributed by atoms with Crippen molar-refractivity contribution in [3.8, 4) is 0 Å². The quantitative estimate of drug-likeness (QED) is 0.592. The second kappa shape index (κ2) is 2.94. The third-order valence-corrected chi connectivity index (χ3v) is 1.73. The minimum atomic E-state index is 0.288. The Morgan fingerprint density at radius 1 is 1.36 bits per heavy atom. The standard InChI is InChI=1S/C7H10N4/c1-3-8-7(9-4-1)6-2-5-10-11-6/h1,3-4,6,10-11H,2,5H2. The van der Waals surface area contributed by atoms with Crippen molar-refractivity contribution in [2.75, 3.05) is 6.54 Å². The van der Waals surface area contributed by atoms with Gasteiger partial charge in [0.25, 0.3) is 0 Å². The Bertz CT molecular complexity index is 217. The van der Waals surface area contributed by atoms with Crippen molar-refractivity contribution in [3.63, 3.8) is 0 Å². The maximum absolute atomic E-state index is 4.15. The predicted octanol–water partition coefficient (Wildman–Crippen LogP) is 0.0156. The Labute approximate surface area is 65.0 Å². The molecule has 0 aromatic carbocycles. The second-order valence-electron chi connectivity index (χ2n) is 2.52. The first-order valence-electron chi connectivity index (χ1n) is 3.72. The van der Waals surface area contributed by atoms with Gasteiger partial charge < -0.3 is 0 Å². The predicted molar refractivity (Wildman–Crippen MR) is 40.5 cm³/mol. The van der Waals surface area contributed by atoms with E-state index in [9.17, 15) is 0 Å². The van der Waals surface area contributed by atoms with Crippen molar-refractivity contribution in [2.45, 2.75) is 12.5 Å². The average molecular weight is 150 g/mol. The zero-order valence-corrected chi connectivity index (χ0v) is 6.12. The van der Waals surface area contributed by atoms with E-state index in [1.54, 1.807) is 12.4 Å². The van der Waals surface area contributed by atoms with E-state index in [0.717, 1.165) is 18.8 Å². The van der Waals surface area contributed by atoms with Gasteiger partial charge in [-0.3, -0.25) is 5.43 Å². The van der Waals surface area contributed by atoms with Gasteiger partial charge in [-0.1, -0.05) is 0 Å². The topological polar surface area (TPSA) is 49.8 Å². The van der Waals surface area contributed by atoms with Crippen LogP contribution < -0.4 is 10.9 Å². The van der Waals surface area contributed by atoms with E-state index >= 15 is 0 Å². The molecular formula is C7H10N4. The van der Waals surface area contributed by atoms with Crippen LogP contribution in [0.1, 0.15) is 18.3 Å². The molecule has 1 aliphatic rings. The Hall–Kier alpha value is -1.00. The molecule has 1 aromatic rings. The molecule has 0 radical (unpaired) electrons. The molecular weight excluding hydrogens is 140 g/mol. The van der Waals surface area contributed by atoms with Crippen LogP contribution in [0, 0.1) is 0 Å². The van der Waals surface area contributed by atoms with Gasteiger partial charge in [0.15, 0.2) is 0 Å². The summed E-state index contributed by atoms with van der Waals surface area (Å²) in [5.41, 5.74) is 6.14. The van der Waals surface area contributed by atoms with Gasteiger partial charge in [-0.15, -0.1) is 0 Å². The minimum Gasteiger partial charge on any atom is -0.257 e. The number of rotatable bonds is 1. The molecule has 1 unspecified atom stereocenters. The molecule has 1 aliphatic heterocycles. The van der Waals surface area contributed by atoms with Gasteiger partial charge in [0.2, 0.25) is 0 Å². The highest BCUT2D eigenvalue weighted by Gasteiger charge is 2.17. The lowest BCUT2D eigenvalue weighted by Crippen LogP contribution is -2.25. The number of aromatic nitrogens is 2. The second-order valence-corrected chi connectivity index (χ2v) is 2.52. The zero-order chi connectivity index (χ0) is 7.52. The first-order valence-corrected chi connectivity index (χ1v) is 3.72. The summed E-state index contributed by atoms with van der Waals surface area (Å²) in [4.78, 5) is 8.29. The fourth-order valence-corrected chi connectivity index (χ4v) is 1.17. The molecule has 2 rings (SSSR count). The SMILES string of the molecule is c1cnc(C2CCNN2)nc1. The van der Waals surface area contributed by atoms with Crippen LogP contribution in [0.3, 0.4) is 0 Å². The highest BCUT2D eigenvalue weighted by atomic mass is 15.4. The normalized spacial score (nSPS) is 23.8. The maximum atomic E-state index is 4.15. The van der Waals surface area contributed by atoms with E-state index in [1.807, 2.05) is 6.07 Å². The van der Waals surface area contributed by atoms with Gasteiger partial charge in [-0.25, -0.2) is 15.4 Å². The summed E-state index contributed by atoms with van der Waals surface area (Å²) >= 11 is 0. The molecule has 1 saturated heterocycles. The van der Waals surface area contributed by atoms with Crippen LogP contribution in [0.4, 0.5) is 0 Å². The molecule has 0 saturated carbocycles. The summed E-state index contributed by atoms with van der Waals surface area (Å²) < 4.78 is 0. The molecule has 0 amide bonds. The lowest BCUT2D eigenvalue weighted by Gasteiger charge is -2.05. The Kier molecular flexibility index (Phi) is 1.79. The van der Waals surface area contributed by atoms with Crippen LogP contribution in [-0.4, -0.2) is 16.5 Å². The summed E-state index contributed by atoms with van der Waals surface area (Å²) in [6.07, 6.45) is 4.59.